The molecular weight excluding hydrogens is 326 g/mol. The number of nitrogens with one attached hydrogen (secondary N) is 1. The van der Waals surface area contributed by atoms with Crippen LogP contribution in [0.1, 0.15) is 57.4 Å². The summed E-state index contributed by atoms with van der Waals surface area (Å²) in [5, 5.41) is 2.85. The van der Waals surface area contributed by atoms with Gasteiger partial charge in [-0.05, 0) is 74.2 Å². The molecule has 4 aliphatic rings. The highest BCUT2D eigenvalue weighted by molar-refractivity contribution is 5.83. The van der Waals surface area contributed by atoms with Crippen molar-refractivity contribution >= 4 is 11.9 Å². The highest BCUT2D eigenvalue weighted by Crippen LogP contribution is 2.61. The fourth-order valence-electron chi connectivity index (χ4n) is 6.03. The molecule has 140 valence electrons. The molecule has 1 amide bonds. The van der Waals surface area contributed by atoms with Gasteiger partial charge in [0.25, 0.3) is 5.91 Å². The summed E-state index contributed by atoms with van der Waals surface area (Å²) in [5.41, 5.74) is 1.19. The molecule has 0 saturated heterocycles. The summed E-state index contributed by atoms with van der Waals surface area (Å²) < 4.78 is 5.49. The Labute approximate surface area is 155 Å². The Bertz CT molecular complexity index is 634. The lowest BCUT2D eigenvalue weighted by molar-refractivity contribution is -0.161. The van der Waals surface area contributed by atoms with Crippen molar-refractivity contribution in [1.82, 2.24) is 5.32 Å². The van der Waals surface area contributed by atoms with Crippen molar-refractivity contribution in [2.45, 2.75) is 64.5 Å². The van der Waals surface area contributed by atoms with E-state index in [1.54, 1.807) is 6.92 Å². The third-order valence-corrected chi connectivity index (χ3v) is 6.67. The molecule has 5 rings (SSSR count). The Balaban J connectivity index is 1.27. The molecule has 26 heavy (non-hydrogen) atoms. The third kappa shape index (κ3) is 3.79. The van der Waals surface area contributed by atoms with Crippen LogP contribution in [-0.4, -0.2) is 18.0 Å². The fourth-order valence-corrected chi connectivity index (χ4v) is 6.03. The molecule has 0 radical (unpaired) electrons. The molecule has 4 bridgehead atoms. The monoisotopic (exact) mass is 355 g/mol. The molecule has 0 unspecified atom stereocenters. The fraction of sp³-hybridized carbons (Fsp3) is 0.636. The summed E-state index contributed by atoms with van der Waals surface area (Å²) in [6, 6.07) is 9.75. The van der Waals surface area contributed by atoms with Crippen LogP contribution in [0.2, 0.25) is 0 Å². The maximum atomic E-state index is 12.5. The van der Waals surface area contributed by atoms with Gasteiger partial charge in [-0.1, -0.05) is 30.3 Å². The quantitative estimate of drug-likeness (QED) is 0.789. The largest absolute Gasteiger partial charge is 0.453 e. The van der Waals surface area contributed by atoms with Crippen molar-refractivity contribution < 1.29 is 14.3 Å². The summed E-state index contributed by atoms with van der Waals surface area (Å²) in [5.74, 6) is 2.03. The molecule has 4 fully saturated rings. The number of rotatable bonds is 6. The second-order valence-electron chi connectivity index (χ2n) is 8.93. The van der Waals surface area contributed by atoms with Crippen LogP contribution in [0.3, 0.4) is 0 Å². The predicted octanol–water partition coefficient (Wildman–Crippen LogP) is 3.84. The van der Waals surface area contributed by atoms with Crippen LogP contribution in [0.4, 0.5) is 0 Å². The first-order chi connectivity index (χ1) is 12.5. The van der Waals surface area contributed by atoms with E-state index in [-0.39, 0.29) is 17.3 Å². The van der Waals surface area contributed by atoms with Crippen LogP contribution in [-0.2, 0) is 20.9 Å². The van der Waals surface area contributed by atoms with Crippen molar-refractivity contribution in [2.24, 2.45) is 23.2 Å². The standard InChI is InChI=1S/C22H29NO3/c1-15(21(25)23-14-16-5-3-2-4-6-16)26-20(24)13-22-10-17-7-18(11-22)9-19(8-17)12-22/h2-6,15,17-19H,7-14H2,1H3,(H,23,25)/t15-,17?,18?,19?,22?/m0/s1. The van der Waals surface area contributed by atoms with Gasteiger partial charge in [0.1, 0.15) is 0 Å². The number of carbonyl (C=O) groups excluding carboxylic acids is 2. The van der Waals surface area contributed by atoms with Gasteiger partial charge in [0.2, 0.25) is 0 Å². The Hall–Kier alpha value is -1.84. The minimum Gasteiger partial charge on any atom is -0.453 e. The minimum absolute atomic E-state index is 0.159. The van der Waals surface area contributed by atoms with E-state index in [2.05, 4.69) is 5.32 Å². The van der Waals surface area contributed by atoms with Crippen molar-refractivity contribution in [1.29, 1.82) is 0 Å². The number of hydrogen-bond donors (Lipinski definition) is 1. The van der Waals surface area contributed by atoms with Gasteiger partial charge in [0.05, 0.1) is 6.42 Å². The summed E-state index contributed by atoms with van der Waals surface area (Å²) >= 11 is 0. The Kier molecular flexibility index (Phi) is 4.76. The topological polar surface area (TPSA) is 55.4 Å². The lowest BCUT2D eigenvalue weighted by Crippen LogP contribution is -2.47. The maximum Gasteiger partial charge on any atom is 0.307 e. The Morgan fingerprint density at radius 2 is 1.65 bits per heavy atom. The van der Waals surface area contributed by atoms with Crippen LogP contribution in [0, 0.1) is 23.2 Å². The average molecular weight is 355 g/mol. The van der Waals surface area contributed by atoms with Gasteiger partial charge in [0, 0.05) is 6.54 Å². The maximum absolute atomic E-state index is 12.5. The van der Waals surface area contributed by atoms with Crippen LogP contribution < -0.4 is 5.32 Å². The van der Waals surface area contributed by atoms with Gasteiger partial charge in [0.15, 0.2) is 6.10 Å². The highest BCUT2D eigenvalue weighted by Gasteiger charge is 2.51. The van der Waals surface area contributed by atoms with Crippen molar-refractivity contribution in [3.63, 3.8) is 0 Å². The van der Waals surface area contributed by atoms with Gasteiger partial charge >= 0.3 is 5.97 Å². The molecular formula is C22H29NO3. The van der Waals surface area contributed by atoms with Crippen LogP contribution in [0.25, 0.3) is 0 Å². The molecule has 1 N–H and O–H groups in total. The van der Waals surface area contributed by atoms with Gasteiger partial charge < -0.3 is 10.1 Å². The molecule has 0 spiro atoms. The molecule has 1 atom stereocenters. The van der Waals surface area contributed by atoms with E-state index in [1.807, 2.05) is 30.3 Å². The number of ether oxygens (including phenoxy) is 1. The van der Waals surface area contributed by atoms with E-state index in [0.717, 1.165) is 23.3 Å². The second kappa shape index (κ2) is 7.05. The first-order valence-electron chi connectivity index (χ1n) is 10.0. The number of hydrogen-bond acceptors (Lipinski definition) is 3. The summed E-state index contributed by atoms with van der Waals surface area (Å²) in [6.07, 6.45) is 7.41. The molecule has 0 aliphatic heterocycles. The first kappa shape index (κ1) is 17.6. The summed E-state index contributed by atoms with van der Waals surface area (Å²) in [4.78, 5) is 24.7. The van der Waals surface area contributed by atoms with Crippen molar-refractivity contribution in [3.8, 4) is 0 Å². The van der Waals surface area contributed by atoms with Gasteiger partial charge in [-0.25, -0.2) is 0 Å². The van der Waals surface area contributed by atoms with Gasteiger partial charge in [-0.3, -0.25) is 9.59 Å². The normalized spacial score (nSPS) is 32.9. The smallest absolute Gasteiger partial charge is 0.307 e. The number of amides is 1. The van der Waals surface area contributed by atoms with E-state index >= 15 is 0 Å². The molecule has 4 heteroatoms. The number of carbonyl (C=O) groups is 2. The highest BCUT2D eigenvalue weighted by atomic mass is 16.5. The van der Waals surface area contributed by atoms with Crippen LogP contribution >= 0.6 is 0 Å². The molecule has 0 heterocycles. The molecule has 1 aromatic carbocycles. The van der Waals surface area contributed by atoms with Crippen LogP contribution in [0.15, 0.2) is 30.3 Å². The Morgan fingerprint density at radius 1 is 1.08 bits per heavy atom. The molecule has 4 saturated carbocycles. The number of esters is 1. The zero-order valence-electron chi connectivity index (χ0n) is 15.6. The predicted molar refractivity (Wildman–Crippen MR) is 99.1 cm³/mol. The van der Waals surface area contributed by atoms with E-state index in [9.17, 15) is 9.59 Å². The lowest BCUT2D eigenvalue weighted by Gasteiger charge is -2.56. The van der Waals surface area contributed by atoms with Gasteiger partial charge in [-0.2, -0.15) is 0 Å². The van der Waals surface area contributed by atoms with E-state index < -0.39 is 6.10 Å². The summed E-state index contributed by atoms with van der Waals surface area (Å²) in [6.45, 7) is 2.12. The summed E-state index contributed by atoms with van der Waals surface area (Å²) in [7, 11) is 0. The second-order valence-corrected chi connectivity index (χ2v) is 8.93. The molecule has 4 aliphatic carbocycles. The van der Waals surface area contributed by atoms with Crippen molar-refractivity contribution in [2.75, 3.05) is 0 Å². The zero-order chi connectivity index (χ0) is 18.1. The Morgan fingerprint density at radius 3 is 2.23 bits per heavy atom. The molecule has 1 aromatic rings. The SMILES string of the molecule is C[C@H](OC(=O)CC12CC3CC(CC(C3)C1)C2)C(=O)NCc1ccccc1. The molecule has 4 nitrogen and oxygen atoms in total. The zero-order valence-corrected chi connectivity index (χ0v) is 15.6. The van der Waals surface area contributed by atoms with Crippen LogP contribution in [0.5, 0.6) is 0 Å². The minimum atomic E-state index is -0.736. The molecule has 0 aromatic heterocycles. The number of benzene rings is 1. The van der Waals surface area contributed by atoms with Gasteiger partial charge in [-0.15, -0.1) is 0 Å². The lowest BCUT2D eigenvalue weighted by atomic mass is 9.49. The van der Waals surface area contributed by atoms with Crippen molar-refractivity contribution in [3.05, 3.63) is 35.9 Å². The average Bonchev–Trinajstić information content (AvgIpc) is 2.58. The van der Waals surface area contributed by atoms with E-state index in [4.69, 9.17) is 4.74 Å². The van der Waals surface area contributed by atoms with E-state index in [0.29, 0.717) is 13.0 Å². The first-order valence-corrected chi connectivity index (χ1v) is 10.0. The van der Waals surface area contributed by atoms with E-state index in [1.165, 1.54) is 38.5 Å². The third-order valence-electron chi connectivity index (χ3n) is 6.67.